The Balaban J connectivity index is 1.27. The molecule has 29 heavy (non-hydrogen) atoms. The Hall–Kier alpha value is -2.22. The Labute approximate surface area is 171 Å². The molecule has 0 spiro atoms. The number of carbonyl (C=O) groups excluding carboxylic acids is 1. The molecule has 0 bridgehead atoms. The van der Waals surface area contributed by atoms with Crippen LogP contribution in [-0.2, 0) is 22.5 Å². The van der Waals surface area contributed by atoms with Crippen LogP contribution in [0, 0.1) is 19.8 Å². The van der Waals surface area contributed by atoms with Crippen molar-refractivity contribution in [3.63, 3.8) is 0 Å². The maximum absolute atomic E-state index is 12.7. The highest BCUT2D eigenvalue weighted by molar-refractivity contribution is 5.76. The maximum Gasteiger partial charge on any atom is 0.244 e. The Bertz CT molecular complexity index is 824. The highest BCUT2D eigenvalue weighted by Gasteiger charge is 2.26. The van der Waals surface area contributed by atoms with Gasteiger partial charge >= 0.3 is 0 Å². The average molecular weight is 402 g/mol. The predicted octanol–water partition coefficient (Wildman–Crippen LogP) is 2.65. The molecule has 2 aromatic rings. The summed E-state index contributed by atoms with van der Waals surface area (Å²) in [4.78, 5) is 19.4. The van der Waals surface area contributed by atoms with E-state index >= 15 is 0 Å². The standard InChI is InChI=1S/C21H31N5O3/c1-15-12-16(2)26(23-15)14-20(27)25-9-3-4-17(13-25)5-6-19-22-21(29-24-19)18-7-10-28-11-8-18/h12,17-18H,3-11,13-14H2,1-2H3. The molecule has 2 aliphatic rings. The van der Waals surface area contributed by atoms with Gasteiger partial charge in [0.1, 0.15) is 6.54 Å². The van der Waals surface area contributed by atoms with Gasteiger partial charge < -0.3 is 14.2 Å². The number of aryl methyl sites for hydroxylation is 3. The van der Waals surface area contributed by atoms with E-state index in [9.17, 15) is 4.79 Å². The summed E-state index contributed by atoms with van der Waals surface area (Å²) in [5.74, 6) is 2.52. The van der Waals surface area contributed by atoms with Gasteiger partial charge in [-0.3, -0.25) is 9.48 Å². The molecule has 2 fully saturated rings. The van der Waals surface area contributed by atoms with E-state index in [-0.39, 0.29) is 5.91 Å². The van der Waals surface area contributed by atoms with Crippen molar-refractivity contribution in [2.45, 2.75) is 64.8 Å². The molecule has 2 saturated heterocycles. The van der Waals surface area contributed by atoms with Gasteiger partial charge in [-0.1, -0.05) is 5.16 Å². The van der Waals surface area contributed by atoms with Crippen LogP contribution in [0.1, 0.15) is 61.1 Å². The second-order valence-corrected chi connectivity index (χ2v) is 8.41. The minimum atomic E-state index is 0.155. The van der Waals surface area contributed by atoms with Gasteiger partial charge in [0.25, 0.3) is 0 Å². The molecule has 8 nitrogen and oxygen atoms in total. The number of piperidine rings is 1. The quantitative estimate of drug-likeness (QED) is 0.740. The number of amides is 1. The van der Waals surface area contributed by atoms with Gasteiger partial charge in [0, 0.05) is 44.3 Å². The van der Waals surface area contributed by atoms with Gasteiger partial charge in [0.15, 0.2) is 5.82 Å². The monoisotopic (exact) mass is 401 g/mol. The van der Waals surface area contributed by atoms with Crippen LogP contribution in [0.25, 0.3) is 0 Å². The van der Waals surface area contributed by atoms with E-state index in [1.165, 1.54) is 0 Å². The Morgan fingerprint density at radius 3 is 2.83 bits per heavy atom. The van der Waals surface area contributed by atoms with E-state index in [1.807, 2.05) is 24.8 Å². The number of ether oxygens (including phenoxy) is 1. The highest BCUT2D eigenvalue weighted by Crippen LogP contribution is 2.26. The van der Waals surface area contributed by atoms with E-state index < -0.39 is 0 Å². The number of hydrogen-bond acceptors (Lipinski definition) is 6. The SMILES string of the molecule is Cc1cc(C)n(CC(=O)N2CCCC(CCc3noc(C4CCOCC4)n3)C2)n1. The first-order valence-electron chi connectivity index (χ1n) is 10.8. The lowest BCUT2D eigenvalue weighted by atomic mass is 9.93. The lowest BCUT2D eigenvalue weighted by Crippen LogP contribution is -2.41. The number of nitrogens with zero attached hydrogens (tertiary/aromatic N) is 5. The Morgan fingerprint density at radius 2 is 2.07 bits per heavy atom. The third kappa shape index (κ3) is 5.04. The van der Waals surface area contributed by atoms with Crippen LogP contribution < -0.4 is 0 Å². The lowest BCUT2D eigenvalue weighted by Gasteiger charge is -2.32. The summed E-state index contributed by atoms with van der Waals surface area (Å²) in [5.41, 5.74) is 1.98. The Kier molecular flexibility index (Phi) is 6.28. The molecule has 1 amide bonds. The molecule has 4 rings (SSSR count). The van der Waals surface area contributed by atoms with Gasteiger partial charge in [-0.05, 0) is 57.9 Å². The lowest BCUT2D eigenvalue weighted by molar-refractivity contribution is -0.133. The predicted molar refractivity (Wildman–Crippen MR) is 106 cm³/mol. The fraction of sp³-hybridized carbons (Fsp3) is 0.714. The first-order valence-corrected chi connectivity index (χ1v) is 10.8. The van der Waals surface area contributed by atoms with Crippen molar-refractivity contribution in [3.05, 3.63) is 29.2 Å². The van der Waals surface area contributed by atoms with Crippen molar-refractivity contribution in [1.29, 1.82) is 0 Å². The van der Waals surface area contributed by atoms with Crippen LogP contribution in [0.3, 0.4) is 0 Å². The third-order valence-corrected chi connectivity index (χ3v) is 6.09. The molecule has 2 aliphatic heterocycles. The minimum absolute atomic E-state index is 0.155. The van der Waals surface area contributed by atoms with Gasteiger partial charge in [0.2, 0.25) is 11.8 Å². The molecule has 0 aromatic carbocycles. The van der Waals surface area contributed by atoms with Crippen molar-refractivity contribution in [1.82, 2.24) is 24.8 Å². The Morgan fingerprint density at radius 1 is 1.24 bits per heavy atom. The first-order chi connectivity index (χ1) is 14.1. The fourth-order valence-electron chi connectivity index (χ4n) is 4.40. The second-order valence-electron chi connectivity index (χ2n) is 8.41. The fourth-order valence-corrected chi connectivity index (χ4v) is 4.40. The molecule has 1 atom stereocenters. The van der Waals surface area contributed by atoms with Crippen molar-refractivity contribution in [2.24, 2.45) is 5.92 Å². The molecule has 0 aliphatic carbocycles. The maximum atomic E-state index is 12.7. The summed E-state index contributed by atoms with van der Waals surface area (Å²) < 4.78 is 12.7. The molecule has 4 heterocycles. The molecule has 1 unspecified atom stereocenters. The third-order valence-electron chi connectivity index (χ3n) is 6.09. The van der Waals surface area contributed by atoms with E-state index in [0.29, 0.717) is 18.4 Å². The summed E-state index contributed by atoms with van der Waals surface area (Å²) in [6.07, 6.45) is 5.89. The highest BCUT2D eigenvalue weighted by atomic mass is 16.5. The minimum Gasteiger partial charge on any atom is -0.381 e. The van der Waals surface area contributed by atoms with Crippen LogP contribution in [0.4, 0.5) is 0 Å². The van der Waals surface area contributed by atoms with Gasteiger partial charge in [0.05, 0.1) is 5.69 Å². The molecule has 0 saturated carbocycles. The molecular weight excluding hydrogens is 370 g/mol. The number of aromatic nitrogens is 4. The van der Waals surface area contributed by atoms with Crippen LogP contribution in [0.5, 0.6) is 0 Å². The van der Waals surface area contributed by atoms with Crippen LogP contribution >= 0.6 is 0 Å². The van der Waals surface area contributed by atoms with Crippen LogP contribution in [0.2, 0.25) is 0 Å². The summed E-state index contributed by atoms with van der Waals surface area (Å²) in [5, 5.41) is 8.59. The van der Waals surface area contributed by atoms with E-state index in [1.54, 1.807) is 4.68 Å². The summed E-state index contributed by atoms with van der Waals surface area (Å²) in [6.45, 7) is 7.46. The summed E-state index contributed by atoms with van der Waals surface area (Å²) >= 11 is 0. The van der Waals surface area contributed by atoms with Gasteiger partial charge in [-0.25, -0.2) is 0 Å². The van der Waals surface area contributed by atoms with E-state index in [2.05, 4.69) is 15.2 Å². The molecule has 8 heteroatoms. The zero-order valence-corrected chi connectivity index (χ0v) is 17.5. The molecule has 158 valence electrons. The molecule has 0 N–H and O–H groups in total. The van der Waals surface area contributed by atoms with Gasteiger partial charge in [-0.15, -0.1) is 0 Å². The van der Waals surface area contributed by atoms with Crippen molar-refractivity contribution in [3.8, 4) is 0 Å². The average Bonchev–Trinajstić information content (AvgIpc) is 3.33. The van der Waals surface area contributed by atoms with Crippen LogP contribution in [-0.4, -0.2) is 57.0 Å². The van der Waals surface area contributed by atoms with Crippen molar-refractivity contribution in [2.75, 3.05) is 26.3 Å². The topological polar surface area (TPSA) is 86.3 Å². The van der Waals surface area contributed by atoms with Crippen molar-refractivity contribution >= 4 is 5.91 Å². The van der Waals surface area contributed by atoms with Gasteiger partial charge in [-0.2, -0.15) is 10.1 Å². The largest absolute Gasteiger partial charge is 0.381 e. The molecule has 2 aromatic heterocycles. The number of hydrogen-bond donors (Lipinski definition) is 0. The zero-order valence-electron chi connectivity index (χ0n) is 17.5. The second kappa shape index (κ2) is 9.07. The van der Waals surface area contributed by atoms with E-state index in [4.69, 9.17) is 9.26 Å². The van der Waals surface area contributed by atoms with Crippen LogP contribution in [0.15, 0.2) is 10.6 Å². The first kappa shape index (κ1) is 20.1. The molecule has 0 radical (unpaired) electrons. The summed E-state index contributed by atoms with van der Waals surface area (Å²) in [7, 11) is 0. The van der Waals surface area contributed by atoms with Crippen molar-refractivity contribution < 1.29 is 14.1 Å². The zero-order chi connectivity index (χ0) is 20.2. The number of likely N-dealkylation sites (tertiary alicyclic amines) is 1. The van der Waals surface area contributed by atoms with E-state index in [0.717, 1.165) is 87.9 Å². The summed E-state index contributed by atoms with van der Waals surface area (Å²) in [6, 6.07) is 2.01. The number of rotatable bonds is 6. The number of carbonyl (C=O) groups is 1. The smallest absolute Gasteiger partial charge is 0.244 e. The normalized spacial score (nSPS) is 20.9. The molecular formula is C21H31N5O3.